The lowest BCUT2D eigenvalue weighted by atomic mass is 9.90. The van der Waals surface area contributed by atoms with E-state index in [0.29, 0.717) is 18.9 Å². The van der Waals surface area contributed by atoms with Crippen LogP contribution in [0.1, 0.15) is 48.2 Å². The zero-order valence-corrected chi connectivity index (χ0v) is 26.9. The second-order valence-electron chi connectivity index (χ2n) is 11.3. The average Bonchev–Trinajstić information content (AvgIpc) is 3.04. The molecule has 11 nitrogen and oxygen atoms in total. The van der Waals surface area contributed by atoms with Gasteiger partial charge in [-0.1, -0.05) is 50.6 Å². The molecular formula is C33H40F2N4O7S. The molecule has 0 spiro atoms. The van der Waals surface area contributed by atoms with Crippen molar-refractivity contribution in [1.82, 2.24) is 20.9 Å². The Labute approximate surface area is 272 Å². The molecule has 1 heterocycles. The van der Waals surface area contributed by atoms with Crippen molar-refractivity contribution in [3.8, 4) is 0 Å². The second-order valence-corrected chi connectivity index (χ2v) is 13.5. The van der Waals surface area contributed by atoms with E-state index in [0.717, 1.165) is 17.7 Å². The molecule has 3 rings (SSSR count). The van der Waals surface area contributed by atoms with Gasteiger partial charge in [0.25, 0.3) is 5.91 Å². The summed E-state index contributed by atoms with van der Waals surface area (Å²) in [6.45, 7) is 3.28. The van der Waals surface area contributed by atoms with Crippen molar-refractivity contribution in [3.63, 3.8) is 0 Å². The number of nitrogens with zero attached hydrogens (tertiary/aromatic N) is 1. The van der Waals surface area contributed by atoms with Gasteiger partial charge >= 0.3 is 0 Å². The zero-order valence-electron chi connectivity index (χ0n) is 26.1. The third-order valence-electron chi connectivity index (χ3n) is 7.48. The molecular weight excluding hydrogens is 634 g/mol. The first-order valence-electron chi connectivity index (χ1n) is 15.1. The van der Waals surface area contributed by atoms with Gasteiger partial charge in [-0.3, -0.25) is 19.4 Å². The zero-order chi connectivity index (χ0) is 34.6. The number of carbonyl (C=O) groups excluding carboxylic acids is 3. The Morgan fingerprint density at radius 2 is 1.57 bits per heavy atom. The summed E-state index contributed by atoms with van der Waals surface area (Å²) in [6, 6.07) is 11.3. The maximum atomic E-state index is 14.1. The van der Waals surface area contributed by atoms with Crippen LogP contribution in [0.15, 0.2) is 73.1 Å². The predicted octanol–water partition coefficient (Wildman–Crippen LogP) is 2.07. The molecule has 5 atom stereocenters. The summed E-state index contributed by atoms with van der Waals surface area (Å²) in [4.78, 5) is 43.3. The van der Waals surface area contributed by atoms with Crippen LogP contribution in [0.5, 0.6) is 0 Å². The SMILES string of the molecule is CCCCS(=O)(=O)CC(NC(=O)c1cccnc1)C(=O)NC(Cc1cc(F)cc(F)c1)C(O)C(O)C(C)C(=O)NCc1ccccc1. The Bertz CT molecular complexity index is 1580. The first kappa shape index (κ1) is 37.2. The third kappa shape index (κ3) is 11.8. The lowest BCUT2D eigenvalue weighted by Crippen LogP contribution is -2.58. The molecule has 254 valence electrons. The summed E-state index contributed by atoms with van der Waals surface area (Å²) in [5.74, 6) is -6.58. The first-order chi connectivity index (χ1) is 22.3. The number of sulfone groups is 1. The molecule has 0 bridgehead atoms. The number of benzene rings is 2. The Morgan fingerprint density at radius 1 is 0.894 bits per heavy atom. The molecule has 0 aliphatic rings. The molecule has 5 N–H and O–H groups in total. The van der Waals surface area contributed by atoms with E-state index in [2.05, 4.69) is 20.9 Å². The van der Waals surface area contributed by atoms with Crippen LogP contribution in [0.25, 0.3) is 0 Å². The summed E-state index contributed by atoms with van der Waals surface area (Å²) in [7, 11) is -3.87. The molecule has 0 saturated carbocycles. The normalized spacial score (nSPS) is 14.7. The third-order valence-corrected chi connectivity index (χ3v) is 9.23. The summed E-state index contributed by atoms with van der Waals surface area (Å²) >= 11 is 0. The van der Waals surface area contributed by atoms with Crippen molar-refractivity contribution < 1.29 is 41.8 Å². The Balaban J connectivity index is 1.87. The second kappa shape index (κ2) is 17.6. The molecule has 5 unspecified atom stereocenters. The van der Waals surface area contributed by atoms with Gasteiger partial charge in [-0.2, -0.15) is 0 Å². The number of hydrogen-bond acceptors (Lipinski definition) is 8. The highest BCUT2D eigenvalue weighted by molar-refractivity contribution is 7.91. The molecule has 0 aliphatic heterocycles. The van der Waals surface area contributed by atoms with Crippen molar-refractivity contribution in [2.75, 3.05) is 11.5 Å². The van der Waals surface area contributed by atoms with Crippen LogP contribution in [-0.4, -0.2) is 77.1 Å². The number of unbranched alkanes of at least 4 members (excludes halogenated alkanes) is 1. The van der Waals surface area contributed by atoms with Gasteiger partial charge in [0, 0.05) is 25.0 Å². The number of pyridine rings is 1. The summed E-state index contributed by atoms with van der Waals surface area (Å²) in [6.07, 6.45) is -0.571. The highest BCUT2D eigenvalue weighted by Gasteiger charge is 2.37. The van der Waals surface area contributed by atoms with E-state index in [1.54, 1.807) is 31.2 Å². The molecule has 0 aliphatic carbocycles. The maximum Gasteiger partial charge on any atom is 0.253 e. The molecule has 1 aromatic heterocycles. The van der Waals surface area contributed by atoms with Gasteiger partial charge in [0.2, 0.25) is 11.8 Å². The minimum atomic E-state index is -3.87. The quantitative estimate of drug-likeness (QED) is 0.145. The predicted molar refractivity (Wildman–Crippen MR) is 171 cm³/mol. The number of halogens is 2. The molecule has 2 aromatic carbocycles. The molecule has 0 radical (unpaired) electrons. The summed E-state index contributed by atoms with van der Waals surface area (Å²) in [5, 5.41) is 29.8. The van der Waals surface area contributed by atoms with Crippen LogP contribution in [-0.2, 0) is 32.4 Å². The van der Waals surface area contributed by atoms with Crippen molar-refractivity contribution in [1.29, 1.82) is 0 Å². The largest absolute Gasteiger partial charge is 0.390 e. The topological polar surface area (TPSA) is 175 Å². The van der Waals surface area contributed by atoms with Gasteiger partial charge in [0.05, 0.1) is 35.1 Å². The van der Waals surface area contributed by atoms with E-state index in [1.807, 2.05) is 6.07 Å². The fraction of sp³-hybridized carbons (Fsp3) is 0.394. The number of carbonyl (C=O) groups is 3. The van der Waals surface area contributed by atoms with E-state index in [9.17, 15) is 41.8 Å². The Kier molecular flexibility index (Phi) is 13.9. The fourth-order valence-corrected chi connectivity index (χ4v) is 6.42. The highest BCUT2D eigenvalue weighted by Crippen LogP contribution is 2.18. The minimum Gasteiger partial charge on any atom is -0.390 e. The number of aliphatic hydroxyl groups excluding tert-OH is 2. The monoisotopic (exact) mass is 674 g/mol. The molecule has 0 fully saturated rings. The smallest absolute Gasteiger partial charge is 0.253 e. The molecule has 14 heteroatoms. The minimum absolute atomic E-state index is 0.00764. The van der Waals surface area contributed by atoms with Gasteiger partial charge < -0.3 is 26.2 Å². The average molecular weight is 675 g/mol. The molecule has 3 amide bonds. The van der Waals surface area contributed by atoms with Crippen molar-refractivity contribution in [3.05, 3.63) is 101 Å². The molecule has 3 aromatic rings. The molecule has 47 heavy (non-hydrogen) atoms. The lowest BCUT2D eigenvalue weighted by Gasteiger charge is -2.32. The van der Waals surface area contributed by atoms with Gasteiger partial charge in [0.15, 0.2) is 9.84 Å². The number of amides is 3. The Hall–Kier alpha value is -4.27. The number of aromatic nitrogens is 1. The molecule has 0 saturated heterocycles. The van der Waals surface area contributed by atoms with Crippen LogP contribution in [0.4, 0.5) is 8.78 Å². The standard InChI is InChI=1S/C33H40F2N4O7S/c1-3-4-13-47(45,46)20-28(39-32(43)24-11-8-12-36-19-24)33(44)38-27(16-23-14-25(34)17-26(35)15-23)30(41)29(40)21(2)31(42)37-18-22-9-6-5-7-10-22/h5-12,14-15,17,19,21,27-30,40-41H,3-4,13,16,18,20H2,1-2H3,(H,37,42)(H,38,44)(H,39,43). The van der Waals surface area contributed by atoms with E-state index in [4.69, 9.17) is 0 Å². The summed E-state index contributed by atoms with van der Waals surface area (Å²) < 4.78 is 53.9. The van der Waals surface area contributed by atoms with Crippen molar-refractivity contribution in [2.24, 2.45) is 5.92 Å². The van der Waals surface area contributed by atoms with Crippen LogP contribution in [0.3, 0.4) is 0 Å². The van der Waals surface area contributed by atoms with E-state index < -0.39 is 81.6 Å². The van der Waals surface area contributed by atoms with Gasteiger partial charge in [-0.25, -0.2) is 17.2 Å². The van der Waals surface area contributed by atoms with Gasteiger partial charge in [-0.15, -0.1) is 0 Å². The van der Waals surface area contributed by atoms with Crippen LogP contribution < -0.4 is 16.0 Å². The van der Waals surface area contributed by atoms with Crippen molar-refractivity contribution >= 4 is 27.6 Å². The first-order valence-corrected chi connectivity index (χ1v) is 17.0. The number of rotatable bonds is 17. The van der Waals surface area contributed by atoms with Crippen LogP contribution in [0.2, 0.25) is 0 Å². The van der Waals surface area contributed by atoms with E-state index in [-0.39, 0.29) is 23.4 Å². The van der Waals surface area contributed by atoms with Crippen LogP contribution >= 0.6 is 0 Å². The highest BCUT2D eigenvalue weighted by atomic mass is 32.2. The Morgan fingerprint density at radius 3 is 2.19 bits per heavy atom. The fourth-order valence-electron chi connectivity index (χ4n) is 4.78. The van der Waals surface area contributed by atoms with E-state index >= 15 is 0 Å². The maximum absolute atomic E-state index is 14.1. The number of hydrogen-bond donors (Lipinski definition) is 5. The number of aliphatic hydroxyl groups is 2. The van der Waals surface area contributed by atoms with Gasteiger partial charge in [-0.05, 0) is 48.2 Å². The lowest BCUT2D eigenvalue weighted by molar-refractivity contribution is -0.133. The number of nitrogens with one attached hydrogen (secondary N) is 3. The summed E-state index contributed by atoms with van der Waals surface area (Å²) in [5.41, 5.74) is 0.829. The van der Waals surface area contributed by atoms with E-state index in [1.165, 1.54) is 31.5 Å². The van der Waals surface area contributed by atoms with Crippen molar-refractivity contribution in [2.45, 2.75) is 63.9 Å². The van der Waals surface area contributed by atoms with Gasteiger partial charge in [0.1, 0.15) is 23.8 Å². The van der Waals surface area contributed by atoms with Crippen LogP contribution in [0, 0.1) is 17.6 Å².